The monoisotopic (exact) mass is 333 g/mol. The van der Waals surface area contributed by atoms with Crippen molar-refractivity contribution >= 4 is 17.5 Å². The highest BCUT2D eigenvalue weighted by Crippen LogP contribution is 2.20. The number of piperazine rings is 1. The van der Waals surface area contributed by atoms with Crippen LogP contribution >= 0.6 is 0 Å². The second kappa shape index (κ2) is 8.04. The normalized spacial score (nSPS) is 14.7. The first-order valence-corrected chi connectivity index (χ1v) is 8.36. The van der Waals surface area contributed by atoms with E-state index in [1.807, 2.05) is 43.0 Å². The smallest absolute Gasteiger partial charge is 0.242 e. The van der Waals surface area contributed by atoms with Gasteiger partial charge in [-0.15, -0.1) is 0 Å². The van der Waals surface area contributed by atoms with E-state index >= 15 is 0 Å². The third-order valence-electron chi connectivity index (χ3n) is 4.40. The molecule has 2 amide bonds. The highest BCUT2D eigenvalue weighted by atomic mass is 16.5. The third kappa shape index (κ3) is 4.40. The zero-order chi connectivity index (χ0) is 17.7. The molecule has 1 heterocycles. The molecule has 24 heavy (non-hydrogen) atoms. The number of methoxy groups -OCH3 is 1. The average molecular weight is 333 g/mol. The van der Waals surface area contributed by atoms with Crippen molar-refractivity contribution in [3.63, 3.8) is 0 Å². The second-order valence-corrected chi connectivity index (χ2v) is 6.31. The molecule has 132 valence electrons. The third-order valence-corrected chi connectivity index (χ3v) is 4.40. The Bertz CT molecular complexity index is 563. The van der Waals surface area contributed by atoms with Crippen LogP contribution in [-0.2, 0) is 9.59 Å². The summed E-state index contributed by atoms with van der Waals surface area (Å²) in [5.41, 5.74) is 1.13. The van der Waals surface area contributed by atoms with Crippen LogP contribution in [0.1, 0.15) is 20.8 Å². The van der Waals surface area contributed by atoms with Gasteiger partial charge in [-0.25, -0.2) is 0 Å². The first kappa shape index (κ1) is 18.1. The summed E-state index contributed by atoms with van der Waals surface area (Å²) in [5, 5.41) is 0. The van der Waals surface area contributed by atoms with Gasteiger partial charge in [-0.3, -0.25) is 9.59 Å². The maximum Gasteiger partial charge on any atom is 0.242 e. The summed E-state index contributed by atoms with van der Waals surface area (Å²) in [6, 6.07) is 7.99. The van der Waals surface area contributed by atoms with Crippen molar-refractivity contribution in [1.82, 2.24) is 9.80 Å². The van der Waals surface area contributed by atoms with Crippen LogP contribution in [0, 0.1) is 0 Å². The van der Waals surface area contributed by atoms with Gasteiger partial charge in [0.15, 0.2) is 0 Å². The standard InChI is InChI=1S/C18H27N3O3/c1-14(2)21(15(3)22)13-18(23)20-11-9-19(10-12-20)16-5-7-17(24-4)8-6-16/h5-8,14H,9-13H2,1-4H3. The van der Waals surface area contributed by atoms with Gasteiger partial charge in [-0.05, 0) is 38.1 Å². The maximum atomic E-state index is 12.4. The fraction of sp³-hybridized carbons (Fsp3) is 0.556. The van der Waals surface area contributed by atoms with Crippen molar-refractivity contribution in [1.29, 1.82) is 0 Å². The largest absolute Gasteiger partial charge is 0.497 e. The van der Waals surface area contributed by atoms with Crippen LogP contribution in [0.15, 0.2) is 24.3 Å². The number of carbonyl (C=O) groups is 2. The second-order valence-electron chi connectivity index (χ2n) is 6.31. The molecule has 0 aromatic heterocycles. The molecule has 1 aliphatic rings. The summed E-state index contributed by atoms with van der Waals surface area (Å²) in [6.45, 7) is 8.46. The summed E-state index contributed by atoms with van der Waals surface area (Å²) >= 11 is 0. The molecular weight excluding hydrogens is 306 g/mol. The van der Waals surface area contributed by atoms with Crippen molar-refractivity contribution in [2.75, 3.05) is 44.7 Å². The van der Waals surface area contributed by atoms with Crippen LogP contribution in [0.3, 0.4) is 0 Å². The molecule has 0 aliphatic carbocycles. The van der Waals surface area contributed by atoms with Crippen molar-refractivity contribution < 1.29 is 14.3 Å². The van der Waals surface area contributed by atoms with Gasteiger partial charge in [0, 0.05) is 44.8 Å². The van der Waals surface area contributed by atoms with E-state index < -0.39 is 0 Å². The molecule has 0 spiro atoms. The number of ether oxygens (including phenoxy) is 1. The molecule has 0 atom stereocenters. The Morgan fingerprint density at radius 3 is 2.17 bits per heavy atom. The quantitative estimate of drug-likeness (QED) is 0.821. The van der Waals surface area contributed by atoms with Gasteiger partial charge in [-0.1, -0.05) is 0 Å². The van der Waals surface area contributed by atoms with E-state index in [0.29, 0.717) is 13.1 Å². The summed E-state index contributed by atoms with van der Waals surface area (Å²) in [7, 11) is 1.65. The van der Waals surface area contributed by atoms with Gasteiger partial charge < -0.3 is 19.4 Å². The van der Waals surface area contributed by atoms with Gasteiger partial charge in [-0.2, -0.15) is 0 Å². The molecule has 1 aromatic rings. The lowest BCUT2D eigenvalue weighted by atomic mass is 10.2. The molecule has 6 nitrogen and oxygen atoms in total. The zero-order valence-electron chi connectivity index (χ0n) is 15.0. The highest BCUT2D eigenvalue weighted by molar-refractivity contribution is 5.84. The predicted molar refractivity (Wildman–Crippen MR) is 94.3 cm³/mol. The minimum atomic E-state index is -0.0600. The Labute approximate surface area is 144 Å². The Kier molecular flexibility index (Phi) is 6.06. The Hall–Kier alpha value is -2.24. The molecule has 1 aromatic carbocycles. The fourth-order valence-electron chi connectivity index (χ4n) is 2.91. The Balaban J connectivity index is 1.89. The van der Waals surface area contributed by atoms with Gasteiger partial charge in [0.2, 0.25) is 11.8 Å². The summed E-state index contributed by atoms with van der Waals surface area (Å²) in [4.78, 5) is 29.8. The summed E-state index contributed by atoms with van der Waals surface area (Å²) in [6.07, 6.45) is 0. The van der Waals surface area contributed by atoms with Crippen molar-refractivity contribution in [3.8, 4) is 5.75 Å². The van der Waals surface area contributed by atoms with Crippen molar-refractivity contribution in [2.24, 2.45) is 0 Å². The SMILES string of the molecule is COc1ccc(N2CCN(C(=O)CN(C(C)=O)C(C)C)CC2)cc1. The highest BCUT2D eigenvalue weighted by Gasteiger charge is 2.24. The molecule has 1 fully saturated rings. The number of amides is 2. The van der Waals surface area contributed by atoms with Crippen LogP contribution in [0.4, 0.5) is 5.69 Å². The van der Waals surface area contributed by atoms with E-state index in [4.69, 9.17) is 4.74 Å². The van der Waals surface area contributed by atoms with Crippen molar-refractivity contribution in [2.45, 2.75) is 26.8 Å². The van der Waals surface area contributed by atoms with Gasteiger partial charge in [0.05, 0.1) is 13.7 Å². The van der Waals surface area contributed by atoms with Crippen LogP contribution < -0.4 is 9.64 Å². The van der Waals surface area contributed by atoms with Crippen LogP contribution in [0.25, 0.3) is 0 Å². The maximum absolute atomic E-state index is 12.4. The van der Waals surface area contributed by atoms with E-state index in [9.17, 15) is 9.59 Å². The van der Waals surface area contributed by atoms with E-state index in [1.54, 1.807) is 12.0 Å². The fourth-order valence-corrected chi connectivity index (χ4v) is 2.91. The number of hydrogen-bond acceptors (Lipinski definition) is 4. The van der Waals surface area contributed by atoms with Gasteiger partial charge >= 0.3 is 0 Å². The molecule has 2 rings (SSSR count). The van der Waals surface area contributed by atoms with E-state index in [-0.39, 0.29) is 24.4 Å². The zero-order valence-corrected chi connectivity index (χ0v) is 15.0. The molecule has 0 bridgehead atoms. The number of hydrogen-bond donors (Lipinski definition) is 0. The van der Waals surface area contributed by atoms with E-state index in [1.165, 1.54) is 6.92 Å². The predicted octanol–water partition coefficient (Wildman–Crippen LogP) is 1.60. The average Bonchev–Trinajstić information content (AvgIpc) is 2.59. The first-order chi connectivity index (χ1) is 11.4. The lowest BCUT2D eigenvalue weighted by Gasteiger charge is -2.37. The minimum Gasteiger partial charge on any atom is -0.497 e. The minimum absolute atomic E-state index is 0.0216. The first-order valence-electron chi connectivity index (χ1n) is 8.36. The van der Waals surface area contributed by atoms with E-state index in [0.717, 1.165) is 24.5 Å². The molecule has 1 saturated heterocycles. The van der Waals surface area contributed by atoms with E-state index in [2.05, 4.69) is 4.90 Å². The molecule has 0 N–H and O–H groups in total. The van der Waals surface area contributed by atoms with Crippen LogP contribution in [-0.4, -0.2) is 67.5 Å². The molecule has 0 unspecified atom stereocenters. The molecule has 1 aliphatic heterocycles. The van der Waals surface area contributed by atoms with Gasteiger partial charge in [0.1, 0.15) is 5.75 Å². The summed E-state index contributed by atoms with van der Waals surface area (Å²) < 4.78 is 5.18. The van der Waals surface area contributed by atoms with Crippen LogP contribution in [0.5, 0.6) is 5.75 Å². The number of benzene rings is 1. The Morgan fingerprint density at radius 1 is 1.12 bits per heavy atom. The van der Waals surface area contributed by atoms with Gasteiger partial charge in [0.25, 0.3) is 0 Å². The number of carbonyl (C=O) groups excluding carboxylic acids is 2. The summed E-state index contributed by atoms with van der Waals surface area (Å²) in [5.74, 6) is 0.800. The molecular formula is C18H27N3O3. The molecule has 0 saturated carbocycles. The van der Waals surface area contributed by atoms with Crippen molar-refractivity contribution in [3.05, 3.63) is 24.3 Å². The topological polar surface area (TPSA) is 53.1 Å². The number of anilines is 1. The lowest BCUT2D eigenvalue weighted by molar-refractivity contribution is -0.141. The number of nitrogens with zero attached hydrogens (tertiary/aromatic N) is 3. The Morgan fingerprint density at radius 2 is 1.71 bits per heavy atom. The number of rotatable bonds is 5. The molecule has 0 radical (unpaired) electrons. The lowest BCUT2D eigenvalue weighted by Crippen LogP contribution is -2.52. The van der Waals surface area contributed by atoms with Crippen LogP contribution in [0.2, 0.25) is 0 Å². The molecule has 6 heteroatoms.